The summed E-state index contributed by atoms with van der Waals surface area (Å²) in [6.45, 7) is 1.35. The first-order valence-electron chi connectivity index (χ1n) is 7.43. The van der Waals surface area contributed by atoms with Crippen molar-refractivity contribution < 1.29 is 19.4 Å². The molecule has 0 aromatic heterocycles. The quantitative estimate of drug-likeness (QED) is 0.897. The summed E-state index contributed by atoms with van der Waals surface area (Å²) in [7, 11) is 0. The van der Waals surface area contributed by atoms with E-state index in [1.54, 1.807) is 0 Å². The number of fused-ring (bicyclic) bond motifs is 2. The lowest BCUT2D eigenvalue weighted by atomic mass is 9.99. The number of carboxylic acid groups (broad SMARTS) is 1. The summed E-state index contributed by atoms with van der Waals surface area (Å²) >= 11 is 0. The van der Waals surface area contributed by atoms with Crippen LogP contribution in [0.4, 0.5) is 10.5 Å². The van der Waals surface area contributed by atoms with Crippen molar-refractivity contribution in [1.29, 1.82) is 0 Å². The zero-order valence-electron chi connectivity index (χ0n) is 12.1. The number of benzene rings is 1. The Kier molecular flexibility index (Phi) is 3.57. The fourth-order valence-electron chi connectivity index (χ4n) is 3.31. The summed E-state index contributed by atoms with van der Waals surface area (Å²) < 4.78 is 4.89. The Balaban J connectivity index is 1.85. The number of hydrogen-bond donors (Lipinski definition) is 2. The lowest BCUT2D eigenvalue weighted by molar-refractivity contribution is -0.145. The minimum absolute atomic E-state index is 0.681. The molecule has 5 heteroatoms. The molecule has 0 unspecified atom stereocenters. The average molecular weight is 289 g/mol. The van der Waals surface area contributed by atoms with E-state index in [0.717, 1.165) is 44.2 Å². The van der Waals surface area contributed by atoms with Crippen LogP contribution in [-0.2, 0) is 35.2 Å². The molecule has 0 heterocycles. The first kappa shape index (κ1) is 13.9. The molecule has 5 nitrogen and oxygen atoms in total. The molecule has 1 atom stereocenters. The van der Waals surface area contributed by atoms with Gasteiger partial charge in [0.05, 0.1) is 5.69 Å². The molecular formula is C16H19NO4. The van der Waals surface area contributed by atoms with Gasteiger partial charge >= 0.3 is 12.1 Å². The average Bonchev–Trinajstić information content (AvgIpc) is 3.06. The van der Waals surface area contributed by atoms with Crippen LogP contribution >= 0.6 is 0 Å². The minimum atomic E-state index is -1.14. The van der Waals surface area contributed by atoms with Gasteiger partial charge in [-0.25, -0.2) is 9.59 Å². The predicted molar refractivity (Wildman–Crippen MR) is 77.7 cm³/mol. The number of aryl methyl sites for hydroxylation is 2. The van der Waals surface area contributed by atoms with Crippen molar-refractivity contribution in [2.45, 2.75) is 51.6 Å². The van der Waals surface area contributed by atoms with Crippen molar-refractivity contribution in [1.82, 2.24) is 0 Å². The second kappa shape index (κ2) is 5.39. The molecular weight excluding hydrogens is 270 g/mol. The third kappa shape index (κ3) is 2.60. The normalized spacial score (nSPS) is 17.0. The molecule has 0 spiro atoms. The Labute approximate surface area is 123 Å². The maximum atomic E-state index is 11.9. The zero-order valence-corrected chi connectivity index (χ0v) is 12.1. The highest BCUT2D eigenvalue weighted by molar-refractivity contribution is 5.89. The van der Waals surface area contributed by atoms with Crippen LogP contribution in [0, 0.1) is 0 Å². The molecule has 2 N–H and O–H groups in total. The van der Waals surface area contributed by atoms with E-state index in [1.807, 2.05) is 0 Å². The number of hydrogen-bond acceptors (Lipinski definition) is 3. The Morgan fingerprint density at radius 3 is 2.24 bits per heavy atom. The number of carboxylic acids is 1. The molecule has 112 valence electrons. The highest BCUT2D eigenvalue weighted by Gasteiger charge is 2.26. The van der Waals surface area contributed by atoms with Gasteiger partial charge < -0.3 is 9.84 Å². The third-order valence-corrected chi connectivity index (χ3v) is 4.33. The largest absolute Gasteiger partial charge is 0.479 e. The van der Waals surface area contributed by atoms with Crippen molar-refractivity contribution in [3.05, 3.63) is 28.3 Å². The molecule has 0 fully saturated rings. The summed E-state index contributed by atoms with van der Waals surface area (Å²) in [5.74, 6) is -1.14. The van der Waals surface area contributed by atoms with Crippen molar-refractivity contribution in [3.63, 3.8) is 0 Å². The number of aliphatic carboxylic acids is 1. The van der Waals surface area contributed by atoms with E-state index in [1.165, 1.54) is 29.2 Å². The van der Waals surface area contributed by atoms with Gasteiger partial charge in [-0.15, -0.1) is 0 Å². The molecule has 0 bridgehead atoms. The number of carbonyl (C=O) groups excluding carboxylic acids is 1. The van der Waals surface area contributed by atoms with Crippen LogP contribution in [0.15, 0.2) is 6.07 Å². The molecule has 1 aromatic carbocycles. The smallest absolute Gasteiger partial charge is 0.412 e. The maximum Gasteiger partial charge on any atom is 0.412 e. The van der Waals surface area contributed by atoms with Crippen LogP contribution in [0.3, 0.4) is 0 Å². The highest BCUT2D eigenvalue weighted by atomic mass is 16.6. The Bertz CT molecular complexity index is 577. The first-order chi connectivity index (χ1) is 10.1. The van der Waals surface area contributed by atoms with E-state index in [4.69, 9.17) is 9.84 Å². The van der Waals surface area contributed by atoms with Gasteiger partial charge in [0.2, 0.25) is 0 Å². The minimum Gasteiger partial charge on any atom is -0.479 e. The SMILES string of the molecule is C[C@@H](OC(=O)Nc1c2c(cc3c1CCC3)CCC2)C(=O)O. The van der Waals surface area contributed by atoms with Crippen LogP contribution in [-0.4, -0.2) is 23.3 Å². The molecule has 1 aromatic rings. The Hall–Kier alpha value is -2.04. The van der Waals surface area contributed by atoms with Gasteiger partial charge in [-0.3, -0.25) is 5.32 Å². The number of amides is 1. The molecule has 2 aliphatic rings. The van der Waals surface area contributed by atoms with Gasteiger partial charge in [-0.2, -0.15) is 0 Å². The van der Waals surface area contributed by atoms with Gasteiger partial charge in [0.25, 0.3) is 0 Å². The topological polar surface area (TPSA) is 75.6 Å². The molecule has 1 amide bonds. The standard InChI is InChI=1S/C16H19NO4/c1-9(15(18)19)21-16(20)17-14-12-6-2-4-10(12)8-11-5-3-7-13(11)14/h8-9H,2-7H2,1H3,(H,17,20)(H,18,19)/t9-/m1/s1. The van der Waals surface area contributed by atoms with E-state index >= 15 is 0 Å². The number of carbonyl (C=O) groups is 2. The van der Waals surface area contributed by atoms with Gasteiger partial charge in [-0.1, -0.05) is 6.07 Å². The van der Waals surface area contributed by atoms with Gasteiger partial charge in [-0.05, 0) is 67.7 Å². The van der Waals surface area contributed by atoms with Crippen LogP contribution in [0.25, 0.3) is 0 Å². The summed E-state index contributed by atoms with van der Waals surface area (Å²) in [5, 5.41) is 11.6. The summed E-state index contributed by atoms with van der Waals surface area (Å²) in [6, 6.07) is 2.28. The monoisotopic (exact) mass is 289 g/mol. The van der Waals surface area contributed by atoms with E-state index in [9.17, 15) is 9.59 Å². The lowest BCUT2D eigenvalue weighted by Gasteiger charge is -2.17. The lowest BCUT2D eigenvalue weighted by Crippen LogP contribution is -2.27. The molecule has 3 rings (SSSR count). The Morgan fingerprint density at radius 1 is 1.14 bits per heavy atom. The highest BCUT2D eigenvalue weighted by Crippen LogP contribution is 2.38. The Morgan fingerprint density at radius 2 is 1.71 bits per heavy atom. The van der Waals surface area contributed by atoms with E-state index < -0.39 is 18.2 Å². The van der Waals surface area contributed by atoms with Crippen molar-refractivity contribution in [3.8, 4) is 0 Å². The first-order valence-corrected chi connectivity index (χ1v) is 7.43. The van der Waals surface area contributed by atoms with Crippen LogP contribution < -0.4 is 5.32 Å². The van der Waals surface area contributed by atoms with Crippen molar-refractivity contribution >= 4 is 17.7 Å². The summed E-state index contributed by atoms with van der Waals surface area (Å²) in [5.41, 5.74) is 5.92. The number of nitrogens with one attached hydrogen (secondary N) is 1. The summed E-state index contributed by atoms with van der Waals surface area (Å²) in [6.07, 6.45) is 4.42. The molecule has 21 heavy (non-hydrogen) atoms. The van der Waals surface area contributed by atoms with E-state index in [2.05, 4.69) is 11.4 Å². The molecule has 0 radical (unpaired) electrons. The van der Waals surface area contributed by atoms with E-state index in [-0.39, 0.29) is 0 Å². The fourth-order valence-corrected chi connectivity index (χ4v) is 3.31. The summed E-state index contributed by atoms with van der Waals surface area (Å²) in [4.78, 5) is 22.7. The van der Waals surface area contributed by atoms with Crippen LogP contribution in [0.5, 0.6) is 0 Å². The number of ether oxygens (including phenoxy) is 1. The number of anilines is 1. The molecule has 0 saturated heterocycles. The van der Waals surface area contributed by atoms with Gasteiger partial charge in [0.15, 0.2) is 6.10 Å². The van der Waals surface area contributed by atoms with Gasteiger partial charge in [0, 0.05) is 0 Å². The van der Waals surface area contributed by atoms with Crippen molar-refractivity contribution in [2.75, 3.05) is 5.32 Å². The second-order valence-corrected chi connectivity index (χ2v) is 5.74. The molecule has 2 aliphatic carbocycles. The zero-order chi connectivity index (χ0) is 15.0. The second-order valence-electron chi connectivity index (χ2n) is 5.74. The molecule has 0 saturated carbocycles. The maximum absolute atomic E-state index is 11.9. The van der Waals surface area contributed by atoms with Gasteiger partial charge in [0.1, 0.15) is 0 Å². The number of rotatable bonds is 3. The van der Waals surface area contributed by atoms with E-state index in [0.29, 0.717) is 0 Å². The van der Waals surface area contributed by atoms with Crippen LogP contribution in [0.2, 0.25) is 0 Å². The predicted octanol–water partition coefficient (Wildman–Crippen LogP) is 2.69. The third-order valence-electron chi connectivity index (χ3n) is 4.33. The van der Waals surface area contributed by atoms with Crippen molar-refractivity contribution in [2.24, 2.45) is 0 Å². The molecule has 0 aliphatic heterocycles. The fraction of sp³-hybridized carbons (Fsp3) is 0.500. The van der Waals surface area contributed by atoms with Crippen LogP contribution in [0.1, 0.15) is 42.0 Å².